The van der Waals surface area contributed by atoms with Gasteiger partial charge in [-0.25, -0.2) is 0 Å². The Morgan fingerprint density at radius 1 is 0.941 bits per heavy atom. The molecule has 0 bridgehead atoms. The molecule has 0 spiro atoms. The van der Waals surface area contributed by atoms with Gasteiger partial charge in [-0.05, 0) is 19.4 Å². The van der Waals surface area contributed by atoms with Crippen molar-refractivity contribution in [1.29, 1.82) is 0 Å². The van der Waals surface area contributed by atoms with Crippen molar-refractivity contribution in [3.05, 3.63) is 47.8 Å². The summed E-state index contributed by atoms with van der Waals surface area (Å²) >= 11 is 0. The Morgan fingerprint density at radius 3 is 2.00 bits per heavy atom. The highest BCUT2D eigenvalue weighted by molar-refractivity contribution is 5.33. The number of hydrogen-bond acceptors (Lipinski definition) is 4. The number of aromatic hydroxyl groups is 2. The quantitative estimate of drug-likeness (QED) is 0.830. The smallest absolute Gasteiger partial charge is 0.218 e. The minimum Gasteiger partial charge on any atom is -0.493 e. The first-order valence-electron chi connectivity index (χ1n) is 5.33. The molecule has 0 unspecified atom stereocenters. The molecule has 2 N–H and O–H groups in total. The lowest BCUT2D eigenvalue weighted by Gasteiger charge is -2.23. The van der Waals surface area contributed by atoms with Gasteiger partial charge < -0.3 is 10.2 Å². The first-order valence-corrected chi connectivity index (χ1v) is 5.33. The van der Waals surface area contributed by atoms with Crippen LogP contribution in [-0.4, -0.2) is 20.2 Å². The number of rotatable bonds is 2. The molecule has 2 rings (SSSR count). The third kappa shape index (κ3) is 2.20. The third-order valence-electron chi connectivity index (χ3n) is 2.75. The second kappa shape index (κ2) is 4.05. The zero-order valence-electron chi connectivity index (χ0n) is 9.75. The molecule has 4 nitrogen and oxygen atoms in total. The largest absolute Gasteiger partial charge is 0.493 e. The van der Waals surface area contributed by atoms with Gasteiger partial charge in [0.15, 0.2) is 0 Å². The van der Waals surface area contributed by atoms with Crippen LogP contribution in [0.2, 0.25) is 0 Å². The minimum absolute atomic E-state index is 0.225. The molecule has 17 heavy (non-hydrogen) atoms. The summed E-state index contributed by atoms with van der Waals surface area (Å²) in [5.74, 6) is -0.0609. The van der Waals surface area contributed by atoms with Crippen LogP contribution in [0.1, 0.15) is 25.2 Å². The number of benzene rings is 1. The lowest BCUT2D eigenvalue weighted by Crippen LogP contribution is -2.22. The van der Waals surface area contributed by atoms with E-state index in [1.54, 1.807) is 0 Å². The van der Waals surface area contributed by atoms with E-state index in [2.05, 4.69) is 9.97 Å². The Kier molecular flexibility index (Phi) is 2.71. The predicted molar refractivity (Wildman–Crippen MR) is 63.9 cm³/mol. The van der Waals surface area contributed by atoms with Gasteiger partial charge in [-0.15, -0.1) is 0 Å². The minimum atomic E-state index is -0.475. The summed E-state index contributed by atoms with van der Waals surface area (Å²) in [5.41, 5.74) is 0.544. The molecular weight excluding hydrogens is 216 g/mol. The van der Waals surface area contributed by atoms with E-state index in [1.807, 2.05) is 44.2 Å². The summed E-state index contributed by atoms with van der Waals surface area (Å²) in [6.45, 7) is 3.88. The Bertz CT molecular complexity index is 504. The molecular formula is C13H14N2O2. The van der Waals surface area contributed by atoms with Crippen molar-refractivity contribution in [2.45, 2.75) is 19.3 Å². The van der Waals surface area contributed by atoms with Crippen molar-refractivity contribution < 1.29 is 10.2 Å². The second-order valence-corrected chi connectivity index (χ2v) is 4.40. The first kappa shape index (κ1) is 11.4. The Labute approximate surface area is 99.6 Å². The number of hydrogen-bond donors (Lipinski definition) is 2. The molecule has 0 saturated carbocycles. The maximum atomic E-state index is 9.39. The van der Waals surface area contributed by atoms with Crippen LogP contribution in [0.25, 0.3) is 0 Å². The summed E-state index contributed by atoms with van der Waals surface area (Å²) in [5, 5.41) is 18.8. The van der Waals surface area contributed by atoms with E-state index in [1.165, 1.54) is 0 Å². The first-order chi connectivity index (χ1) is 8.00. The average molecular weight is 230 g/mol. The van der Waals surface area contributed by atoms with Crippen LogP contribution in [0.3, 0.4) is 0 Å². The number of nitrogens with zero attached hydrogens (tertiary/aromatic N) is 2. The molecule has 0 atom stereocenters. The number of aromatic nitrogens is 2. The molecule has 1 heterocycles. The molecule has 0 aliphatic rings. The lowest BCUT2D eigenvalue weighted by atomic mass is 9.84. The molecule has 0 fully saturated rings. The summed E-state index contributed by atoms with van der Waals surface area (Å²) in [7, 11) is 0. The molecule has 0 amide bonds. The van der Waals surface area contributed by atoms with E-state index in [0.29, 0.717) is 5.82 Å². The Morgan fingerprint density at radius 2 is 1.47 bits per heavy atom. The van der Waals surface area contributed by atoms with Crippen molar-refractivity contribution in [3.8, 4) is 11.8 Å². The standard InChI is InChI=1S/C13H14N2O2/c1-13(2,9-6-4-3-5-7-9)12-14-10(16)8-11(17)15-12/h3-8H,1-2H3,(H2,14,15,16,17). The molecule has 2 aromatic rings. The van der Waals surface area contributed by atoms with Crippen molar-refractivity contribution in [2.24, 2.45) is 0 Å². The third-order valence-corrected chi connectivity index (χ3v) is 2.75. The summed E-state index contributed by atoms with van der Waals surface area (Å²) < 4.78 is 0. The molecule has 0 aliphatic carbocycles. The zero-order chi connectivity index (χ0) is 12.5. The van der Waals surface area contributed by atoms with Gasteiger partial charge in [-0.1, -0.05) is 30.3 Å². The van der Waals surface area contributed by atoms with E-state index < -0.39 is 5.41 Å². The topological polar surface area (TPSA) is 66.2 Å². The summed E-state index contributed by atoms with van der Waals surface area (Å²) in [6.07, 6.45) is 0. The Hall–Kier alpha value is -2.10. The van der Waals surface area contributed by atoms with Gasteiger partial charge in [-0.2, -0.15) is 9.97 Å². The fraction of sp³-hybridized carbons (Fsp3) is 0.231. The van der Waals surface area contributed by atoms with Crippen LogP contribution in [0.4, 0.5) is 0 Å². The molecule has 88 valence electrons. The van der Waals surface area contributed by atoms with Crippen LogP contribution in [0, 0.1) is 0 Å². The maximum absolute atomic E-state index is 9.39. The molecule has 4 heteroatoms. The van der Waals surface area contributed by atoms with Gasteiger partial charge >= 0.3 is 0 Å². The normalized spacial score (nSPS) is 11.4. The van der Waals surface area contributed by atoms with Crippen molar-refractivity contribution in [1.82, 2.24) is 9.97 Å². The van der Waals surface area contributed by atoms with Crippen LogP contribution in [0.15, 0.2) is 36.4 Å². The van der Waals surface area contributed by atoms with Crippen molar-refractivity contribution in [3.63, 3.8) is 0 Å². The van der Waals surface area contributed by atoms with Gasteiger partial charge in [0.2, 0.25) is 11.8 Å². The zero-order valence-corrected chi connectivity index (χ0v) is 9.75. The second-order valence-electron chi connectivity index (χ2n) is 4.40. The lowest BCUT2D eigenvalue weighted by molar-refractivity contribution is 0.406. The monoisotopic (exact) mass is 230 g/mol. The average Bonchev–Trinajstić information content (AvgIpc) is 2.29. The predicted octanol–water partition coefficient (Wildman–Crippen LogP) is 2.21. The van der Waals surface area contributed by atoms with Crippen LogP contribution in [-0.2, 0) is 5.41 Å². The molecule has 0 aliphatic heterocycles. The van der Waals surface area contributed by atoms with Gasteiger partial charge in [-0.3, -0.25) is 0 Å². The summed E-state index contributed by atoms with van der Waals surface area (Å²) in [4.78, 5) is 7.93. The maximum Gasteiger partial charge on any atom is 0.218 e. The van der Waals surface area contributed by atoms with Crippen LogP contribution >= 0.6 is 0 Å². The van der Waals surface area contributed by atoms with E-state index in [-0.39, 0.29) is 11.8 Å². The van der Waals surface area contributed by atoms with Crippen molar-refractivity contribution >= 4 is 0 Å². The highest BCUT2D eigenvalue weighted by atomic mass is 16.3. The van der Waals surface area contributed by atoms with E-state index >= 15 is 0 Å². The van der Waals surface area contributed by atoms with Gasteiger partial charge in [0.25, 0.3) is 0 Å². The highest BCUT2D eigenvalue weighted by Gasteiger charge is 2.27. The molecule has 0 radical (unpaired) electrons. The van der Waals surface area contributed by atoms with E-state index in [9.17, 15) is 10.2 Å². The Balaban J connectivity index is 2.51. The fourth-order valence-electron chi connectivity index (χ4n) is 1.69. The molecule has 1 aromatic heterocycles. The fourth-order valence-corrected chi connectivity index (χ4v) is 1.69. The SMILES string of the molecule is CC(C)(c1ccccc1)c1nc(O)cc(O)n1. The van der Waals surface area contributed by atoms with Gasteiger partial charge in [0.05, 0.1) is 6.07 Å². The van der Waals surface area contributed by atoms with Crippen LogP contribution in [0.5, 0.6) is 11.8 Å². The molecule has 0 saturated heterocycles. The molecule has 1 aromatic carbocycles. The van der Waals surface area contributed by atoms with Crippen LogP contribution < -0.4 is 0 Å². The highest BCUT2D eigenvalue weighted by Crippen LogP contribution is 2.30. The van der Waals surface area contributed by atoms with Gasteiger partial charge in [0, 0.05) is 5.41 Å². The van der Waals surface area contributed by atoms with E-state index in [4.69, 9.17) is 0 Å². The van der Waals surface area contributed by atoms with Crippen molar-refractivity contribution in [2.75, 3.05) is 0 Å². The van der Waals surface area contributed by atoms with E-state index in [0.717, 1.165) is 11.6 Å². The van der Waals surface area contributed by atoms with Gasteiger partial charge in [0.1, 0.15) is 5.82 Å². The summed E-state index contributed by atoms with van der Waals surface area (Å²) in [6, 6.07) is 10.8.